The topological polar surface area (TPSA) is 153 Å². The van der Waals surface area contributed by atoms with Crippen molar-refractivity contribution in [3.63, 3.8) is 0 Å². The zero-order valence-corrected chi connectivity index (χ0v) is 16.2. The van der Waals surface area contributed by atoms with Crippen molar-refractivity contribution in [3.8, 4) is 11.5 Å². The molecule has 0 aliphatic heterocycles. The minimum absolute atomic E-state index is 0.0197. The van der Waals surface area contributed by atoms with Gasteiger partial charge in [-0.3, -0.25) is 9.59 Å². The predicted molar refractivity (Wildman–Crippen MR) is 110 cm³/mol. The maximum absolute atomic E-state index is 12.3. The summed E-state index contributed by atoms with van der Waals surface area (Å²) in [5.74, 6) is -3.33. The average molecular weight is 438 g/mol. The van der Waals surface area contributed by atoms with Crippen LogP contribution in [0.2, 0.25) is 0 Å². The first-order chi connectivity index (χ1) is 15.3. The molecule has 32 heavy (non-hydrogen) atoms. The first-order valence-electron chi connectivity index (χ1n) is 9.21. The number of hydrogen-bond donors (Lipinski definition) is 2. The Morgan fingerprint density at radius 1 is 0.719 bits per heavy atom. The van der Waals surface area contributed by atoms with Gasteiger partial charge < -0.3 is 28.5 Å². The molecule has 0 aliphatic carbocycles. The lowest BCUT2D eigenvalue weighted by molar-refractivity contribution is 0.0653. The minimum Gasteiger partial charge on any atom is -0.489 e. The lowest BCUT2D eigenvalue weighted by atomic mass is 10.2. The maximum atomic E-state index is 12.3. The molecule has 0 atom stereocenters. The lowest BCUT2D eigenvalue weighted by Crippen LogP contribution is -2.13. The molecular formula is C22H14O10. The van der Waals surface area contributed by atoms with Gasteiger partial charge in [-0.1, -0.05) is 12.1 Å². The van der Waals surface area contributed by atoms with E-state index in [1.807, 2.05) is 0 Å². The molecule has 0 saturated heterocycles. The molecule has 0 aliphatic rings. The van der Waals surface area contributed by atoms with Crippen molar-refractivity contribution in [3.05, 3.63) is 80.5 Å². The zero-order chi connectivity index (χ0) is 22.8. The molecule has 4 rings (SSSR count). The number of rotatable bonds is 7. The smallest absolute Gasteiger partial charge is 0.371 e. The highest BCUT2D eigenvalue weighted by atomic mass is 16.5. The van der Waals surface area contributed by atoms with Crippen molar-refractivity contribution < 1.29 is 38.1 Å². The summed E-state index contributed by atoms with van der Waals surface area (Å²) in [5.41, 5.74) is -1.01. The van der Waals surface area contributed by atoms with Crippen LogP contribution in [0.4, 0.5) is 0 Å². The highest BCUT2D eigenvalue weighted by Gasteiger charge is 2.16. The van der Waals surface area contributed by atoms with E-state index in [9.17, 15) is 19.2 Å². The molecule has 10 nitrogen and oxygen atoms in total. The fraction of sp³-hybridized carbons (Fsp3) is 0.0909. The summed E-state index contributed by atoms with van der Waals surface area (Å²) in [6.45, 7) is -0.0394. The molecule has 0 fully saturated rings. The van der Waals surface area contributed by atoms with Crippen molar-refractivity contribution in [2.75, 3.05) is 13.2 Å². The minimum atomic E-state index is -1.36. The van der Waals surface area contributed by atoms with Crippen LogP contribution in [0.3, 0.4) is 0 Å². The Hall–Kier alpha value is -4.60. The number of fused-ring (bicyclic) bond motifs is 2. The molecule has 0 amide bonds. The van der Waals surface area contributed by atoms with Gasteiger partial charge in [0.2, 0.25) is 11.5 Å². The van der Waals surface area contributed by atoms with Crippen LogP contribution in [0.25, 0.3) is 21.9 Å². The number of ether oxygens (including phenoxy) is 2. The summed E-state index contributed by atoms with van der Waals surface area (Å²) in [6, 6.07) is 10.8. The van der Waals surface area contributed by atoms with Gasteiger partial charge in [-0.15, -0.1) is 0 Å². The van der Waals surface area contributed by atoms with Crippen LogP contribution < -0.4 is 20.3 Å². The molecule has 162 valence electrons. The van der Waals surface area contributed by atoms with Crippen LogP contribution in [0.1, 0.15) is 21.1 Å². The second-order valence-corrected chi connectivity index (χ2v) is 6.52. The second kappa shape index (κ2) is 8.26. The molecular weight excluding hydrogens is 424 g/mol. The Bertz CT molecular complexity index is 1360. The monoisotopic (exact) mass is 438 g/mol. The van der Waals surface area contributed by atoms with Gasteiger partial charge in [-0.25, -0.2) is 9.59 Å². The largest absolute Gasteiger partial charge is 0.489 e. The van der Waals surface area contributed by atoms with Gasteiger partial charge in [-0.05, 0) is 24.3 Å². The molecule has 2 N–H and O–H groups in total. The van der Waals surface area contributed by atoms with E-state index in [4.69, 9.17) is 28.5 Å². The van der Waals surface area contributed by atoms with Crippen molar-refractivity contribution in [1.82, 2.24) is 0 Å². The summed E-state index contributed by atoms with van der Waals surface area (Å²) in [7, 11) is 0. The molecule has 10 heteroatoms. The highest BCUT2D eigenvalue weighted by Crippen LogP contribution is 2.25. The summed E-state index contributed by atoms with van der Waals surface area (Å²) in [5, 5.41) is 18.2. The van der Waals surface area contributed by atoms with Crippen molar-refractivity contribution in [2.45, 2.75) is 0 Å². The molecule has 2 aromatic heterocycles. The van der Waals surface area contributed by atoms with Gasteiger partial charge in [0.05, 0.1) is 0 Å². The summed E-state index contributed by atoms with van der Waals surface area (Å²) >= 11 is 0. The van der Waals surface area contributed by atoms with E-state index >= 15 is 0 Å². The van der Waals surface area contributed by atoms with Crippen LogP contribution in [0, 0.1) is 0 Å². The molecule has 0 unspecified atom stereocenters. The van der Waals surface area contributed by atoms with Gasteiger partial charge in [0, 0.05) is 12.1 Å². The van der Waals surface area contributed by atoms with E-state index in [1.54, 1.807) is 12.1 Å². The SMILES string of the molecule is O=C(O)c1cc(=O)c2c(OCCOc3cccc4oc(C(=O)O)cc(=O)c34)cccc2o1. The van der Waals surface area contributed by atoms with E-state index < -0.39 is 34.3 Å². The number of benzene rings is 2. The third kappa shape index (κ3) is 3.88. The number of aromatic carboxylic acids is 2. The van der Waals surface area contributed by atoms with Crippen molar-refractivity contribution >= 4 is 33.9 Å². The van der Waals surface area contributed by atoms with E-state index in [0.29, 0.717) is 0 Å². The molecule has 0 bridgehead atoms. The molecule has 2 aromatic carbocycles. The van der Waals surface area contributed by atoms with E-state index in [-0.39, 0.29) is 46.7 Å². The molecule has 2 heterocycles. The third-order valence-electron chi connectivity index (χ3n) is 4.45. The Morgan fingerprint density at radius 2 is 1.12 bits per heavy atom. The molecule has 0 saturated carbocycles. The van der Waals surface area contributed by atoms with Crippen LogP contribution >= 0.6 is 0 Å². The van der Waals surface area contributed by atoms with E-state index in [2.05, 4.69) is 0 Å². The fourth-order valence-corrected chi connectivity index (χ4v) is 3.11. The van der Waals surface area contributed by atoms with Gasteiger partial charge in [-0.2, -0.15) is 0 Å². The summed E-state index contributed by atoms with van der Waals surface area (Å²) in [6.07, 6.45) is 0. The Kier molecular flexibility index (Phi) is 5.34. The van der Waals surface area contributed by atoms with E-state index in [1.165, 1.54) is 24.3 Å². The average Bonchev–Trinajstić information content (AvgIpc) is 2.76. The highest BCUT2D eigenvalue weighted by molar-refractivity contribution is 5.90. The number of carbonyl (C=O) groups is 2. The van der Waals surface area contributed by atoms with Gasteiger partial charge in [0.25, 0.3) is 0 Å². The van der Waals surface area contributed by atoms with Crippen LogP contribution in [0.5, 0.6) is 11.5 Å². The zero-order valence-electron chi connectivity index (χ0n) is 16.2. The third-order valence-corrected chi connectivity index (χ3v) is 4.45. The molecule has 0 spiro atoms. The van der Waals surface area contributed by atoms with Crippen LogP contribution in [-0.2, 0) is 0 Å². The van der Waals surface area contributed by atoms with Crippen molar-refractivity contribution in [2.24, 2.45) is 0 Å². The van der Waals surface area contributed by atoms with E-state index in [0.717, 1.165) is 12.1 Å². The van der Waals surface area contributed by atoms with Gasteiger partial charge in [0.1, 0.15) is 46.7 Å². The summed E-state index contributed by atoms with van der Waals surface area (Å²) < 4.78 is 21.6. The first kappa shape index (κ1) is 20.7. The number of hydrogen-bond acceptors (Lipinski definition) is 8. The van der Waals surface area contributed by atoms with Crippen LogP contribution in [0.15, 0.2) is 67.0 Å². The first-order valence-corrected chi connectivity index (χ1v) is 9.21. The predicted octanol–water partition coefficient (Wildman–Crippen LogP) is 2.75. The van der Waals surface area contributed by atoms with Gasteiger partial charge >= 0.3 is 11.9 Å². The maximum Gasteiger partial charge on any atom is 0.371 e. The lowest BCUT2D eigenvalue weighted by Gasteiger charge is -2.11. The molecule has 4 aromatic rings. The Balaban J connectivity index is 1.53. The Labute approximate surface area is 177 Å². The number of carboxylic acids is 2. The normalized spacial score (nSPS) is 10.9. The van der Waals surface area contributed by atoms with Crippen LogP contribution in [-0.4, -0.2) is 35.4 Å². The van der Waals surface area contributed by atoms with Crippen molar-refractivity contribution in [1.29, 1.82) is 0 Å². The standard InChI is InChI=1S/C22H14O10/c23-11-9-17(21(25)26)31-15-5-1-3-13(19(11)15)29-7-8-30-14-4-2-6-16-20(14)12(24)10-18(32-16)22(27)28/h1-6,9-10H,7-8H2,(H,25,26)(H,27,28). The quantitative estimate of drug-likeness (QED) is 0.412. The summed E-state index contributed by atoms with van der Waals surface area (Å²) in [4.78, 5) is 46.7. The van der Waals surface area contributed by atoms with Gasteiger partial charge in [0.15, 0.2) is 10.9 Å². The second-order valence-electron chi connectivity index (χ2n) is 6.52. The Morgan fingerprint density at radius 3 is 1.50 bits per heavy atom. The molecule has 0 radical (unpaired) electrons. The fourth-order valence-electron chi connectivity index (χ4n) is 3.11. The number of carboxylic acid groups (broad SMARTS) is 2.